The summed E-state index contributed by atoms with van der Waals surface area (Å²) in [4.78, 5) is 10.6. The van der Waals surface area contributed by atoms with Crippen molar-refractivity contribution in [3.63, 3.8) is 0 Å². The molecule has 3 N–H and O–H groups in total. The normalized spacial score (nSPS) is 15.0. The summed E-state index contributed by atoms with van der Waals surface area (Å²) in [6, 6.07) is 16.1. The smallest absolute Gasteiger partial charge is 0.303 e. The van der Waals surface area contributed by atoms with E-state index in [0.717, 1.165) is 24.8 Å². The number of ether oxygens (including phenoxy) is 1. The summed E-state index contributed by atoms with van der Waals surface area (Å²) < 4.78 is 5.68. The first-order valence-electron chi connectivity index (χ1n) is 10.7. The van der Waals surface area contributed by atoms with Crippen LogP contribution in [0.1, 0.15) is 43.4 Å². The van der Waals surface area contributed by atoms with Gasteiger partial charge in [0.1, 0.15) is 18.5 Å². The Morgan fingerprint density at radius 1 is 1.13 bits per heavy atom. The van der Waals surface area contributed by atoms with Gasteiger partial charge < -0.3 is 20.3 Å². The minimum Gasteiger partial charge on any atom is -0.491 e. The van der Waals surface area contributed by atoms with Crippen LogP contribution in [0.25, 0.3) is 0 Å². The largest absolute Gasteiger partial charge is 0.491 e. The van der Waals surface area contributed by atoms with E-state index in [1.807, 2.05) is 24.3 Å². The van der Waals surface area contributed by atoms with Gasteiger partial charge >= 0.3 is 5.97 Å². The molecule has 5 nitrogen and oxygen atoms in total. The number of aliphatic hydroxyl groups is 1. The van der Waals surface area contributed by atoms with E-state index in [1.54, 1.807) is 0 Å². The second-order valence-electron chi connectivity index (χ2n) is 9.01. The van der Waals surface area contributed by atoms with Crippen LogP contribution in [0.3, 0.4) is 0 Å². The number of carbonyl (C=O) groups is 1. The van der Waals surface area contributed by atoms with Crippen molar-refractivity contribution < 1.29 is 19.7 Å². The average Bonchev–Trinajstić information content (AvgIpc) is 3.11. The number of aryl methyl sites for hydroxylation is 1. The molecule has 0 bridgehead atoms. The predicted molar refractivity (Wildman–Crippen MR) is 118 cm³/mol. The minimum absolute atomic E-state index is 0.0561. The van der Waals surface area contributed by atoms with Crippen molar-refractivity contribution in [1.82, 2.24) is 5.32 Å². The molecule has 0 aliphatic heterocycles. The zero-order valence-corrected chi connectivity index (χ0v) is 17.9. The van der Waals surface area contributed by atoms with Crippen LogP contribution >= 0.6 is 0 Å². The Kier molecular flexibility index (Phi) is 7.51. The fourth-order valence-electron chi connectivity index (χ4n) is 4.24. The van der Waals surface area contributed by atoms with Crippen molar-refractivity contribution in [1.29, 1.82) is 0 Å². The summed E-state index contributed by atoms with van der Waals surface area (Å²) in [7, 11) is 0. The van der Waals surface area contributed by atoms with Gasteiger partial charge in [-0.1, -0.05) is 36.4 Å². The number of β-amino-alcohol motifs (C(OH)–C–C–N with tert-alkyl or cyclic N) is 1. The lowest BCUT2D eigenvalue weighted by Gasteiger charge is -2.30. The van der Waals surface area contributed by atoms with Gasteiger partial charge in [0.05, 0.1) is 0 Å². The van der Waals surface area contributed by atoms with E-state index in [2.05, 4.69) is 43.4 Å². The number of carboxylic acids is 1. The molecule has 0 heterocycles. The molecule has 5 heteroatoms. The van der Waals surface area contributed by atoms with Gasteiger partial charge in [0.15, 0.2) is 0 Å². The molecular formula is C25H33NO4. The molecule has 0 spiro atoms. The third kappa shape index (κ3) is 6.85. The molecule has 1 atom stereocenters. The zero-order chi connectivity index (χ0) is 21.6. The molecule has 3 rings (SSSR count). The van der Waals surface area contributed by atoms with E-state index >= 15 is 0 Å². The number of aliphatic carboxylic acids is 1. The van der Waals surface area contributed by atoms with E-state index in [0.29, 0.717) is 24.6 Å². The third-order valence-corrected chi connectivity index (χ3v) is 5.74. The zero-order valence-electron chi connectivity index (χ0n) is 17.9. The van der Waals surface area contributed by atoms with Crippen molar-refractivity contribution in [2.75, 3.05) is 13.2 Å². The number of hydrogen-bond donors (Lipinski definition) is 3. The lowest BCUT2D eigenvalue weighted by molar-refractivity contribution is -0.136. The van der Waals surface area contributed by atoms with Crippen molar-refractivity contribution in [3.8, 4) is 5.75 Å². The minimum atomic E-state index is -0.800. The molecular weight excluding hydrogens is 378 g/mol. The number of fused-ring (bicyclic) bond motifs is 1. The summed E-state index contributed by atoms with van der Waals surface area (Å²) >= 11 is 0. The molecule has 1 aliphatic rings. The third-order valence-electron chi connectivity index (χ3n) is 5.74. The highest BCUT2D eigenvalue weighted by Crippen LogP contribution is 2.31. The topological polar surface area (TPSA) is 78.8 Å². The molecule has 162 valence electrons. The van der Waals surface area contributed by atoms with Crippen molar-refractivity contribution in [2.24, 2.45) is 5.92 Å². The fourth-order valence-corrected chi connectivity index (χ4v) is 4.24. The monoisotopic (exact) mass is 411 g/mol. The second kappa shape index (κ2) is 10.1. The molecule has 0 unspecified atom stereocenters. The number of rotatable bonds is 11. The highest BCUT2D eigenvalue weighted by molar-refractivity contribution is 5.67. The Hall–Kier alpha value is -2.37. The highest BCUT2D eigenvalue weighted by atomic mass is 16.5. The second-order valence-corrected chi connectivity index (χ2v) is 9.01. The molecule has 0 fully saturated rings. The Bertz CT molecular complexity index is 806. The maximum absolute atomic E-state index is 10.6. The summed E-state index contributed by atoms with van der Waals surface area (Å²) in [5.41, 5.74) is 3.85. The van der Waals surface area contributed by atoms with E-state index in [-0.39, 0.29) is 18.6 Å². The summed E-state index contributed by atoms with van der Waals surface area (Å²) in [5.74, 6) is 0.514. The van der Waals surface area contributed by atoms with Crippen molar-refractivity contribution in [2.45, 2.75) is 57.6 Å². The SMILES string of the molecule is CC(C)(CC1Cc2ccccc2C1)NC[C@H](O)COc1ccc(CCC(=O)O)cc1. The number of carboxylic acid groups (broad SMARTS) is 1. The van der Waals surface area contributed by atoms with E-state index in [4.69, 9.17) is 9.84 Å². The molecule has 1 aliphatic carbocycles. The summed E-state index contributed by atoms with van der Waals surface area (Å²) in [6.45, 7) is 5.08. The first-order valence-corrected chi connectivity index (χ1v) is 10.7. The molecule has 30 heavy (non-hydrogen) atoms. The first-order chi connectivity index (χ1) is 14.3. The Balaban J connectivity index is 1.37. The number of nitrogens with one attached hydrogen (secondary N) is 1. The van der Waals surface area contributed by atoms with Gasteiger partial charge in [-0.15, -0.1) is 0 Å². The van der Waals surface area contributed by atoms with Crippen LogP contribution in [0.2, 0.25) is 0 Å². The quantitative estimate of drug-likeness (QED) is 0.526. The van der Waals surface area contributed by atoms with Gasteiger partial charge in [0.25, 0.3) is 0 Å². The molecule has 0 aromatic heterocycles. The summed E-state index contributed by atoms with van der Waals surface area (Å²) in [5, 5.41) is 22.6. The number of benzene rings is 2. The number of hydrogen-bond acceptors (Lipinski definition) is 4. The van der Waals surface area contributed by atoms with E-state index in [1.165, 1.54) is 11.1 Å². The highest BCUT2D eigenvalue weighted by Gasteiger charge is 2.28. The van der Waals surface area contributed by atoms with Crippen LogP contribution in [0.5, 0.6) is 5.75 Å². The van der Waals surface area contributed by atoms with Crippen LogP contribution in [0.15, 0.2) is 48.5 Å². The molecule has 0 saturated carbocycles. The van der Waals surface area contributed by atoms with Crippen LogP contribution in [0.4, 0.5) is 0 Å². The number of aliphatic hydroxyl groups excluding tert-OH is 1. The van der Waals surface area contributed by atoms with Gasteiger partial charge in [-0.2, -0.15) is 0 Å². The molecule has 2 aromatic carbocycles. The van der Waals surface area contributed by atoms with Gasteiger partial charge in [0, 0.05) is 18.5 Å². The van der Waals surface area contributed by atoms with E-state index < -0.39 is 12.1 Å². The van der Waals surface area contributed by atoms with Gasteiger partial charge in [0.2, 0.25) is 0 Å². The van der Waals surface area contributed by atoms with E-state index in [9.17, 15) is 9.90 Å². The van der Waals surface area contributed by atoms with Crippen molar-refractivity contribution in [3.05, 3.63) is 65.2 Å². The molecule has 0 saturated heterocycles. The maximum atomic E-state index is 10.6. The molecule has 0 radical (unpaired) electrons. The predicted octanol–water partition coefficient (Wildman–Crippen LogP) is 3.62. The Morgan fingerprint density at radius 2 is 1.77 bits per heavy atom. The van der Waals surface area contributed by atoms with Gasteiger partial charge in [-0.05, 0) is 74.3 Å². The lowest BCUT2D eigenvalue weighted by atomic mass is 9.88. The van der Waals surface area contributed by atoms with Crippen LogP contribution < -0.4 is 10.1 Å². The summed E-state index contributed by atoms with van der Waals surface area (Å²) in [6.07, 6.45) is 3.35. The molecule has 2 aromatic rings. The van der Waals surface area contributed by atoms with Crippen LogP contribution in [-0.4, -0.2) is 41.0 Å². The fraction of sp³-hybridized carbons (Fsp3) is 0.480. The Labute approximate surface area is 179 Å². The van der Waals surface area contributed by atoms with Crippen LogP contribution in [0, 0.1) is 5.92 Å². The first kappa shape index (κ1) is 22.3. The van der Waals surface area contributed by atoms with Gasteiger partial charge in [-0.3, -0.25) is 4.79 Å². The van der Waals surface area contributed by atoms with Crippen molar-refractivity contribution >= 4 is 5.97 Å². The lowest BCUT2D eigenvalue weighted by Crippen LogP contribution is -2.46. The standard InChI is InChI=1S/C25H33NO4/c1-25(2,15-19-13-20-5-3-4-6-21(20)14-19)26-16-22(27)17-30-23-10-7-18(8-11-23)9-12-24(28)29/h3-8,10-11,19,22,26-27H,9,12-17H2,1-2H3,(H,28,29)/t22-/m0/s1. The van der Waals surface area contributed by atoms with Crippen LogP contribution in [-0.2, 0) is 24.1 Å². The van der Waals surface area contributed by atoms with Gasteiger partial charge in [-0.25, -0.2) is 0 Å². The average molecular weight is 412 g/mol. The Morgan fingerprint density at radius 3 is 2.37 bits per heavy atom. The molecule has 0 amide bonds. The maximum Gasteiger partial charge on any atom is 0.303 e.